The van der Waals surface area contributed by atoms with E-state index in [-0.39, 0.29) is 11.9 Å². The molecule has 4 nitrogen and oxygen atoms in total. The third-order valence-electron chi connectivity index (χ3n) is 4.72. The van der Waals surface area contributed by atoms with E-state index in [4.69, 9.17) is 18.0 Å². The number of nitrogens with zero attached hydrogens (tertiary/aromatic N) is 1. The molecule has 3 N–H and O–H groups in total. The highest BCUT2D eigenvalue weighted by molar-refractivity contribution is 7.80. The quantitative estimate of drug-likeness (QED) is 0.745. The van der Waals surface area contributed by atoms with Gasteiger partial charge >= 0.3 is 0 Å². The third-order valence-corrected chi connectivity index (χ3v) is 5.18. The molecule has 2 atom stereocenters. The fraction of sp³-hybridized carbons (Fsp3) is 0.846. The summed E-state index contributed by atoms with van der Waals surface area (Å²) in [6, 6.07) is 0.278. The molecule has 3 rings (SSSR count). The molecule has 0 aromatic rings. The first-order valence-corrected chi connectivity index (χ1v) is 7.21. The normalized spacial score (nSPS) is 33.8. The molecule has 3 saturated heterocycles. The lowest BCUT2D eigenvalue weighted by atomic mass is 9.81. The Labute approximate surface area is 114 Å². The number of nitrogens with one attached hydrogen (secondary N) is 1. The van der Waals surface area contributed by atoms with Crippen LogP contribution in [0.1, 0.15) is 33.1 Å². The molecule has 3 fully saturated rings. The molecule has 0 aromatic heterocycles. The monoisotopic (exact) mass is 269 g/mol. The number of hydrogen-bond acceptors (Lipinski definition) is 3. The van der Waals surface area contributed by atoms with Gasteiger partial charge in [0.15, 0.2) is 0 Å². The molecule has 3 heterocycles. The lowest BCUT2D eigenvalue weighted by molar-refractivity contribution is -0.129. The Hall–Kier alpha value is -0.680. The predicted octanol–water partition coefficient (Wildman–Crippen LogP) is 0.899. The SMILES string of the molecule is CCC(C)(C(=O)NC1CN2CCC1CC2)C(N)=S. The zero-order valence-corrected chi connectivity index (χ0v) is 12.1. The molecule has 1 amide bonds. The van der Waals surface area contributed by atoms with Gasteiger partial charge in [-0.1, -0.05) is 19.1 Å². The lowest BCUT2D eigenvalue weighted by Gasteiger charge is -2.45. The highest BCUT2D eigenvalue weighted by atomic mass is 32.1. The van der Waals surface area contributed by atoms with E-state index < -0.39 is 5.41 Å². The van der Waals surface area contributed by atoms with Gasteiger partial charge in [0.2, 0.25) is 5.91 Å². The first kappa shape index (κ1) is 13.7. The summed E-state index contributed by atoms with van der Waals surface area (Å²) in [6.45, 7) is 7.13. The van der Waals surface area contributed by atoms with Crippen LogP contribution in [-0.2, 0) is 4.79 Å². The number of carbonyl (C=O) groups is 1. The van der Waals surface area contributed by atoms with E-state index >= 15 is 0 Å². The van der Waals surface area contributed by atoms with Gasteiger partial charge in [0.05, 0.1) is 10.4 Å². The van der Waals surface area contributed by atoms with Crippen molar-refractivity contribution >= 4 is 23.1 Å². The first-order chi connectivity index (χ1) is 8.47. The van der Waals surface area contributed by atoms with Gasteiger partial charge in [-0.2, -0.15) is 0 Å². The summed E-state index contributed by atoms with van der Waals surface area (Å²) in [5.74, 6) is 0.627. The Balaban J connectivity index is 2.01. The lowest BCUT2D eigenvalue weighted by Crippen LogP contribution is -2.60. The minimum absolute atomic E-state index is 0.00347. The molecule has 3 aliphatic rings. The van der Waals surface area contributed by atoms with E-state index in [0.29, 0.717) is 17.3 Å². The van der Waals surface area contributed by atoms with Crippen LogP contribution in [0, 0.1) is 11.3 Å². The topological polar surface area (TPSA) is 58.4 Å². The predicted molar refractivity (Wildman–Crippen MR) is 76.3 cm³/mol. The summed E-state index contributed by atoms with van der Waals surface area (Å²) < 4.78 is 0. The molecule has 0 saturated carbocycles. The summed E-state index contributed by atoms with van der Waals surface area (Å²) in [4.78, 5) is 15.1. The number of rotatable bonds is 4. The van der Waals surface area contributed by atoms with Crippen molar-refractivity contribution < 1.29 is 4.79 Å². The van der Waals surface area contributed by atoms with Crippen molar-refractivity contribution in [3.05, 3.63) is 0 Å². The maximum atomic E-state index is 12.4. The minimum atomic E-state index is -0.707. The molecule has 2 unspecified atom stereocenters. The molecule has 0 aliphatic carbocycles. The minimum Gasteiger partial charge on any atom is -0.392 e. The number of piperidine rings is 3. The summed E-state index contributed by atoms with van der Waals surface area (Å²) >= 11 is 5.05. The van der Waals surface area contributed by atoms with Crippen LogP contribution < -0.4 is 11.1 Å². The van der Waals surface area contributed by atoms with Crippen LogP contribution in [0.15, 0.2) is 0 Å². The number of thiocarbonyl (C=S) groups is 1. The van der Waals surface area contributed by atoms with Crippen molar-refractivity contribution in [1.82, 2.24) is 10.2 Å². The second-order valence-electron chi connectivity index (χ2n) is 5.77. The molecule has 102 valence electrons. The fourth-order valence-electron chi connectivity index (χ4n) is 2.90. The van der Waals surface area contributed by atoms with Crippen molar-refractivity contribution in [2.75, 3.05) is 19.6 Å². The number of carbonyl (C=O) groups excluding carboxylic acids is 1. The Morgan fingerprint density at radius 1 is 1.50 bits per heavy atom. The van der Waals surface area contributed by atoms with Gasteiger partial charge in [-0.15, -0.1) is 0 Å². The largest absolute Gasteiger partial charge is 0.392 e. The Kier molecular flexibility index (Phi) is 3.92. The Bertz CT molecular complexity index is 352. The Morgan fingerprint density at radius 3 is 2.50 bits per heavy atom. The number of amides is 1. The van der Waals surface area contributed by atoms with Crippen LogP contribution in [0.4, 0.5) is 0 Å². The van der Waals surface area contributed by atoms with E-state index in [9.17, 15) is 4.79 Å². The van der Waals surface area contributed by atoms with Crippen LogP contribution in [0.5, 0.6) is 0 Å². The van der Waals surface area contributed by atoms with E-state index in [1.807, 2.05) is 13.8 Å². The van der Waals surface area contributed by atoms with Crippen LogP contribution >= 0.6 is 12.2 Å². The van der Waals surface area contributed by atoms with Gasteiger partial charge in [0.25, 0.3) is 0 Å². The highest BCUT2D eigenvalue weighted by Gasteiger charge is 2.40. The fourth-order valence-corrected chi connectivity index (χ4v) is 3.14. The van der Waals surface area contributed by atoms with Gasteiger partial charge in [-0.05, 0) is 45.2 Å². The van der Waals surface area contributed by atoms with Crippen molar-refractivity contribution in [2.24, 2.45) is 17.1 Å². The van der Waals surface area contributed by atoms with E-state index in [2.05, 4.69) is 10.2 Å². The van der Waals surface area contributed by atoms with Crippen LogP contribution in [-0.4, -0.2) is 41.5 Å². The summed E-state index contributed by atoms with van der Waals surface area (Å²) in [6.07, 6.45) is 3.04. The molecule has 2 bridgehead atoms. The second-order valence-corrected chi connectivity index (χ2v) is 6.21. The molecule has 3 aliphatic heterocycles. The number of nitrogens with two attached hydrogens (primary N) is 1. The molecule has 18 heavy (non-hydrogen) atoms. The zero-order chi connectivity index (χ0) is 13.3. The smallest absolute Gasteiger partial charge is 0.233 e. The highest BCUT2D eigenvalue weighted by Crippen LogP contribution is 2.29. The molecule has 0 aromatic carbocycles. The summed E-state index contributed by atoms with van der Waals surface area (Å²) in [5.41, 5.74) is 5.02. The maximum Gasteiger partial charge on any atom is 0.233 e. The first-order valence-electron chi connectivity index (χ1n) is 6.80. The van der Waals surface area contributed by atoms with Crippen molar-refractivity contribution in [3.8, 4) is 0 Å². The van der Waals surface area contributed by atoms with Gasteiger partial charge in [0.1, 0.15) is 0 Å². The van der Waals surface area contributed by atoms with Gasteiger partial charge in [-0.3, -0.25) is 4.79 Å². The van der Waals surface area contributed by atoms with Crippen molar-refractivity contribution in [2.45, 2.75) is 39.2 Å². The number of hydrogen-bond donors (Lipinski definition) is 2. The molecular formula is C13H23N3OS. The van der Waals surface area contributed by atoms with E-state index in [0.717, 1.165) is 6.54 Å². The molecular weight excluding hydrogens is 246 g/mol. The average Bonchev–Trinajstić information content (AvgIpc) is 2.38. The Morgan fingerprint density at radius 2 is 2.11 bits per heavy atom. The standard InChI is InChI=1S/C13H23N3OS/c1-3-13(2,11(14)18)12(17)15-10-8-16-6-4-9(10)5-7-16/h9-10H,3-8H2,1-2H3,(H2,14,18)(H,15,17). The second kappa shape index (κ2) is 5.13. The van der Waals surface area contributed by atoms with Crippen molar-refractivity contribution in [1.29, 1.82) is 0 Å². The molecule has 0 spiro atoms. The summed E-state index contributed by atoms with van der Waals surface area (Å²) in [7, 11) is 0. The average molecular weight is 269 g/mol. The van der Waals surface area contributed by atoms with Crippen LogP contribution in [0.3, 0.4) is 0 Å². The molecule has 0 radical (unpaired) electrons. The number of fused-ring (bicyclic) bond motifs is 3. The van der Waals surface area contributed by atoms with Crippen LogP contribution in [0.2, 0.25) is 0 Å². The van der Waals surface area contributed by atoms with E-state index in [1.165, 1.54) is 25.9 Å². The zero-order valence-electron chi connectivity index (χ0n) is 11.2. The van der Waals surface area contributed by atoms with Crippen molar-refractivity contribution in [3.63, 3.8) is 0 Å². The van der Waals surface area contributed by atoms with E-state index in [1.54, 1.807) is 0 Å². The van der Waals surface area contributed by atoms with Gasteiger partial charge in [-0.25, -0.2) is 0 Å². The summed E-state index contributed by atoms with van der Waals surface area (Å²) in [5, 5.41) is 3.18. The third kappa shape index (κ3) is 2.38. The van der Waals surface area contributed by atoms with Crippen LogP contribution in [0.25, 0.3) is 0 Å². The maximum absolute atomic E-state index is 12.4. The molecule has 5 heteroatoms. The van der Waals surface area contributed by atoms with Gasteiger partial charge in [0, 0.05) is 12.6 Å². The van der Waals surface area contributed by atoms with Gasteiger partial charge < -0.3 is 16.0 Å².